The van der Waals surface area contributed by atoms with Crippen molar-refractivity contribution < 1.29 is 28.3 Å². The van der Waals surface area contributed by atoms with Crippen LogP contribution in [0.1, 0.15) is 28.6 Å². The van der Waals surface area contributed by atoms with Gasteiger partial charge in [-0.05, 0) is 55.0 Å². The van der Waals surface area contributed by atoms with Gasteiger partial charge in [0, 0.05) is 17.0 Å². The van der Waals surface area contributed by atoms with Crippen molar-refractivity contribution in [2.75, 3.05) is 7.11 Å². The summed E-state index contributed by atoms with van der Waals surface area (Å²) >= 11 is 12.1. The third-order valence-corrected chi connectivity index (χ3v) is 6.60. The van der Waals surface area contributed by atoms with Crippen LogP contribution in [0.3, 0.4) is 0 Å². The van der Waals surface area contributed by atoms with Crippen molar-refractivity contribution in [1.82, 2.24) is 10.7 Å². The van der Waals surface area contributed by atoms with Gasteiger partial charge in [0.2, 0.25) is 0 Å². The first-order valence-electron chi connectivity index (χ1n) is 12.8. The molecule has 0 bridgehead atoms. The Balaban J connectivity index is 1.40. The Kier molecular flexibility index (Phi) is 10.4. The maximum atomic E-state index is 13.1. The van der Waals surface area contributed by atoms with E-state index in [1.54, 1.807) is 55.5 Å². The third kappa shape index (κ3) is 8.22. The second-order valence-electron chi connectivity index (χ2n) is 9.09. The Hall–Kier alpha value is -4.60. The first kappa shape index (κ1) is 30.4. The van der Waals surface area contributed by atoms with Crippen LogP contribution in [0, 0.1) is 0 Å². The molecule has 0 radical (unpaired) electrons. The van der Waals surface area contributed by atoms with Crippen LogP contribution in [-0.4, -0.2) is 43.3 Å². The molecule has 1 aromatic heterocycles. The molecular formula is C31H27Cl2N3O6. The molecule has 0 saturated carbocycles. The zero-order valence-corrected chi connectivity index (χ0v) is 24.2. The molecule has 3 aromatic carbocycles. The molecule has 0 fully saturated rings. The van der Waals surface area contributed by atoms with E-state index in [0.717, 1.165) is 11.1 Å². The number of methoxy groups -OCH3 is 1. The van der Waals surface area contributed by atoms with Crippen molar-refractivity contribution in [1.29, 1.82) is 0 Å². The summed E-state index contributed by atoms with van der Waals surface area (Å²) in [5, 5.41) is 7.43. The second kappa shape index (κ2) is 14.3. The average molecular weight is 608 g/mol. The molecule has 2 amide bonds. The first-order chi connectivity index (χ1) is 20.2. The number of nitrogens with zero attached hydrogens (tertiary/aromatic N) is 1. The number of furan rings is 1. The molecule has 0 saturated heterocycles. The van der Waals surface area contributed by atoms with Crippen LogP contribution in [-0.2, 0) is 20.7 Å². The monoisotopic (exact) mass is 607 g/mol. The van der Waals surface area contributed by atoms with E-state index in [1.807, 2.05) is 30.3 Å². The fourth-order valence-corrected chi connectivity index (χ4v) is 4.32. The van der Waals surface area contributed by atoms with Gasteiger partial charge in [-0.2, -0.15) is 5.10 Å². The van der Waals surface area contributed by atoms with Crippen molar-refractivity contribution in [3.63, 3.8) is 0 Å². The van der Waals surface area contributed by atoms with Gasteiger partial charge in [0.05, 0.1) is 23.9 Å². The Labute approximate surface area is 252 Å². The molecule has 0 aliphatic heterocycles. The van der Waals surface area contributed by atoms with E-state index in [0.29, 0.717) is 22.1 Å². The minimum atomic E-state index is -0.957. The van der Waals surface area contributed by atoms with Gasteiger partial charge in [0.15, 0.2) is 6.10 Å². The molecule has 2 atom stereocenters. The lowest BCUT2D eigenvalue weighted by molar-refractivity contribution is -0.132. The molecule has 1 heterocycles. The molecule has 216 valence electrons. The number of rotatable bonds is 11. The molecule has 0 aliphatic carbocycles. The van der Waals surface area contributed by atoms with Gasteiger partial charge in [-0.15, -0.1) is 0 Å². The van der Waals surface area contributed by atoms with Gasteiger partial charge in [-0.3, -0.25) is 9.59 Å². The second-order valence-corrected chi connectivity index (χ2v) is 9.93. The smallest absolute Gasteiger partial charge is 0.337 e. The molecule has 0 spiro atoms. The minimum Gasteiger partial charge on any atom is -0.479 e. The van der Waals surface area contributed by atoms with Crippen LogP contribution in [0.15, 0.2) is 94.4 Å². The summed E-state index contributed by atoms with van der Waals surface area (Å²) in [6.07, 6.45) is 0.607. The number of carbonyl (C=O) groups excluding carboxylic acids is 3. The van der Waals surface area contributed by atoms with E-state index < -0.39 is 29.9 Å². The lowest BCUT2D eigenvalue weighted by Crippen LogP contribution is -2.50. The van der Waals surface area contributed by atoms with Gasteiger partial charge in [-0.25, -0.2) is 10.2 Å². The number of hydrogen-bond acceptors (Lipinski definition) is 7. The largest absolute Gasteiger partial charge is 0.479 e. The Bertz CT molecular complexity index is 1570. The van der Waals surface area contributed by atoms with Crippen molar-refractivity contribution in [3.05, 3.63) is 112 Å². The SMILES string of the molecule is COC(=O)c1ccc(-c2ccc(/C=N\NC(=O)[C@H](Cc3ccccc3)NC(=O)[C@H](C)Oc3ccc(Cl)cc3Cl)o2)cc1. The highest BCUT2D eigenvalue weighted by molar-refractivity contribution is 6.35. The van der Waals surface area contributed by atoms with Gasteiger partial charge in [0.1, 0.15) is 23.3 Å². The van der Waals surface area contributed by atoms with Crippen molar-refractivity contribution in [2.24, 2.45) is 5.10 Å². The third-order valence-electron chi connectivity index (χ3n) is 6.07. The fourth-order valence-electron chi connectivity index (χ4n) is 3.87. The summed E-state index contributed by atoms with van der Waals surface area (Å²) in [6, 6.07) is 23.1. The van der Waals surface area contributed by atoms with Crippen LogP contribution in [0.2, 0.25) is 10.0 Å². The predicted octanol–water partition coefficient (Wildman–Crippen LogP) is 5.69. The van der Waals surface area contributed by atoms with Gasteiger partial charge in [-0.1, -0.05) is 65.7 Å². The molecule has 0 unspecified atom stereocenters. The summed E-state index contributed by atoms with van der Waals surface area (Å²) in [4.78, 5) is 37.7. The number of esters is 1. The topological polar surface area (TPSA) is 119 Å². The Morgan fingerprint density at radius 2 is 1.69 bits per heavy atom. The average Bonchev–Trinajstić information content (AvgIpc) is 3.47. The Morgan fingerprint density at radius 1 is 0.952 bits per heavy atom. The number of carbonyl (C=O) groups is 3. The number of hydrogen-bond donors (Lipinski definition) is 2. The molecule has 11 heteroatoms. The van der Waals surface area contributed by atoms with Crippen LogP contribution in [0.4, 0.5) is 0 Å². The number of nitrogens with one attached hydrogen (secondary N) is 2. The predicted molar refractivity (Wildman–Crippen MR) is 160 cm³/mol. The molecular weight excluding hydrogens is 581 g/mol. The summed E-state index contributed by atoms with van der Waals surface area (Å²) < 4.78 is 16.2. The van der Waals surface area contributed by atoms with E-state index in [4.69, 9.17) is 37.1 Å². The highest BCUT2D eigenvalue weighted by Gasteiger charge is 2.25. The van der Waals surface area contributed by atoms with Crippen LogP contribution < -0.4 is 15.5 Å². The van der Waals surface area contributed by atoms with E-state index in [2.05, 4.69) is 15.8 Å². The first-order valence-corrected chi connectivity index (χ1v) is 13.6. The van der Waals surface area contributed by atoms with Gasteiger partial charge < -0.3 is 19.2 Å². The lowest BCUT2D eigenvalue weighted by atomic mass is 10.1. The van der Waals surface area contributed by atoms with Crippen LogP contribution in [0.25, 0.3) is 11.3 Å². The number of ether oxygens (including phenoxy) is 2. The van der Waals surface area contributed by atoms with Crippen molar-refractivity contribution >= 4 is 47.2 Å². The lowest BCUT2D eigenvalue weighted by Gasteiger charge is -2.21. The van der Waals surface area contributed by atoms with E-state index in [9.17, 15) is 14.4 Å². The molecule has 2 N–H and O–H groups in total. The molecule has 0 aliphatic rings. The summed E-state index contributed by atoms with van der Waals surface area (Å²) in [6.45, 7) is 1.55. The Morgan fingerprint density at radius 3 is 2.38 bits per heavy atom. The standard InChI is InChI=1S/C31H27Cl2N3O6/c1-19(41-28-14-12-23(32)17-25(28)33)29(37)35-26(16-20-6-4-3-5-7-20)30(38)36-34-18-24-13-15-27(42-24)21-8-10-22(11-9-21)31(39)40-2/h3-15,17-19,26H,16H2,1-2H3,(H,35,37)(H,36,38)/b34-18-/t19-,26-/m0/s1. The summed E-state index contributed by atoms with van der Waals surface area (Å²) in [5.74, 6) is -0.273. The van der Waals surface area contributed by atoms with E-state index in [1.165, 1.54) is 19.4 Å². The maximum absolute atomic E-state index is 13.1. The normalized spacial score (nSPS) is 12.4. The molecule has 9 nitrogen and oxygen atoms in total. The fraction of sp³-hybridized carbons (Fsp3) is 0.161. The van der Waals surface area contributed by atoms with Crippen LogP contribution in [0.5, 0.6) is 5.75 Å². The summed E-state index contributed by atoms with van der Waals surface area (Å²) in [5.41, 5.74) is 4.47. The van der Waals surface area contributed by atoms with E-state index in [-0.39, 0.29) is 17.2 Å². The van der Waals surface area contributed by atoms with Crippen molar-refractivity contribution in [2.45, 2.75) is 25.5 Å². The highest BCUT2D eigenvalue weighted by atomic mass is 35.5. The van der Waals surface area contributed by atoms with Gasteiger partial charge in [0.25, 0.3) is 11.8 Å². The maximum Gasteiger partial charge on any atom is 0.337 e. The molecule has 4 rings (SSSR count). The van der Waals surface area contributed by atoms with Crippen LogP contribution >= 0.6 is 23.2 Å². The quantitative estimate of drug-likeness (QED) is 0.128. The van der Waals surface area contributed by atoms with E-state index >= 15 is 0 Å². The molecule has 42 heavy (non-hydrogen) atoms. The highest BCUT2D eigenvalue weighted by Crippen LogP contribution is 2.28. The zero-order chi connectivity index (χ0) is 30.1. The number of benzene rings is 3. The number of amides is 2. The molecule has 4 aromatic rings. The number of hydrazone groups is 1. The summed E-state index contributed by atoms with van der Waals surface area (Å²) in [7, 11) is 1.32. The van der Waals surface area contributed by atoms with Gasteiger partial charge >= 0.3 is 5.97 Å². The zero-order valence-electron chi connectivity index (χ0n) is 22.7. The van der Waals surface area contributed by atoms with Crippen molar-refractivity contribution in [3.8, 4) is 17.1 Å². The number of halogens is 2. The minimum absolute atomic E-state index is 0.217.